The summed E-state index contributed by atoms with van der Waals surface area (Å²) in [4.78, 5) is 38.8. The van der Waals surface area contributed by atoms with Crippen molar-refractivity contribution in [3.8, 4) is 0 Å². The van der Waals surface area contributed by atoms with Gasteiger partial charge in [0.1, 0.15) is 17.1 Å². The van der Waals surface area contributed by atoms with Gasteiger partial charge >= 0.3 is 5.97 Å². The topological polar surface area (TPSA) is 130 Å². The fourth-order valence-electron chi connectivity index (χ4n) is 3.24. The average molecular weight is 481 g/mol. The zero-order valence-electron chi connectivity index (χ0n) is 16.2. The molecule has 162 valence electrons. The predicted molar refractivity (Wildman–Crippen MR) is 114 cm³/mol. The maximum atomic E-state index is 12.7. The van der Waals surface area contributed by atoms with Gasteiger partial charge in [-0.3, -0.25) is 14.5 Å². The number of amides is 2. The van der Waals surface area contributed by atoms with Crippen molar-refractivity contribution in [2.24, 2.45) is 7.05 Å². The Labute approximate surface area is 190 Å². The maximum Gasteiger partial charge on any atom is 0.353 e. The lowest BCUT2D eigenvalue weighted by Crippen LogP contribution is -2.70. The number of benzene rings is 1. The van der Waals surface area contributed by atoms with Crippen molar-refractivity contribution in [1.82, 2.24) is 30.4 Å². The van der Waals surface area contributed by atoms with Crippen LogP contribution in [0, 0.1) is 0 Å². The number of nitrogens with one attached hydrogen (secondary N) is 1. The van der Waals surface area contributed by atoms with Crippen molar-refractivity contribution < 1.29 is 19.5 Å². The van der Waals surface area contributed by atoms with E-state index in [0.29, 0.717) is 21.7 Å². The molecule has 3 heterocycles. The minimum absolute atomic E-state index is 0.0936. The number of aryl methyl sites for hydroxylation is 1. The van der Waals surface area contributed by atoms with Crippen molar-refractivity contribution in [2.75, 3.05) is 5.75 Å². The van der Waals surface area contributed by atoms with Crippen LogP contribution in [0.1, 0.15) is 11.1 Å². The highest BCUT2D eigenvalue weighted by atomic mass is 35.5. The lowest BCUT2D eigenvalue weighted by atomic mass is 10.0. The number of carboxylic acid groups (broad SMARTS) is 1. The van der Waals surface area contributed by atoms with Crippen LogP contribution in [0.4, 0.5) is 0 Å². The maximum absolute atomic E-state index is 12.7. The molecular formula is C18H17ClN6O4S2. The highest BCUT2D eigenvalue weighted by Gasteiger charge is 2.54. The summed E-state index contributed by atoms with van der Waals surface area (Å²) in [7, 11) is 1.64. The van der Waals surface area contributed by atoms with Crippen LogP contribution in [-0.2, 0) is 33.7 Å². The number of fused-ring (bicyclic) bond motifs is 1. The van der Waals surface area contributed by atoms with E-state index in [0.717, 1.165) is 22.9 Å². The molecule has 1 aromatic heterocycles. The molecule has 2 aromatic rings. The summed E-state index contributed by atoms with van der Waals surface area (Å²) >= 11 is 8.27. The highest BCUT2D eigenvalue weighted by Crippen LogP contribution is 2.44. The van der Waals surface area contributed by atoms with Crippen LogP contribution in [0.25, 0.3) is 0 Å². The second-order valence-corrected chi connectivity index (χ2v) is 9.28. The lowest BCUT2D eigenvalue weighted by molar-refractivity contribution is -0.150. The van der Waals surface area contributed by atoms with Crippen LogP contribution in [0.3, 0.4) is 0 Å². The van der Waals surface area contributed by atoms with Crippen molar-refractivity contribution in [1.29, 1.82) is 0 Å². The van der Waals surface area contributed by atoms with E-state index < -0.39 is 23.3 Å². The van der Waals surface area contributed by atoms with Gasteiger partial charge in [-0.2, -0.15) is 0 Å². The lowest BCUT2D eigenvalue weighted by Gasteiger charge is -2.49. The Bertz CT molecular complexity index is 1070. The third kappa shape index (κ3) is 4.27. The number of hydrogen-bond acceptors (Lipinski definition) is 8. The number of alkyl halides is 1. The van der Waals surface area contributed by atoms with Crippen molar-refractivity contribution in [3.05, 3.63) is 46.0 Å². The Hall–Kier alpha value is -2.57. The fraction of sp³-hybridized carbons (Fsp3) is 0.333. The van der Waals surface area contributed by atoms with Crippen LogP contribution in [-0.4, -0.2) is 65.2 Å². The first-order valence-electron chi connectivity index (χ1n) is 9.13. The molecule has 1 fully saturated rings. The van der Waals surface area contributed by atoms with Crippen molar-refractivity contribution >= 4 is 52.9 Å². The zero-order valence-corrected chi connectivity index (χ0v) is 18.6. The number of tetrazole rings is 1. The number of rotatable bonds is 7. The minimum Gasteiger partial charge on any atom is -0.477 e. The first-order valence-corrected chi connectivity index (χ1v) is 11.5. The highest BCUT2D eigenvalue weighted by molar-refractivity contribution is 8.06. The molecule has 0 spiro atoms. The van der Waals surface area contributed by atoms with E-state index in [1.807, 2.05) is 24.3 Å². The standard InChI is InChI=1S/C18H17ClN6O4S2/c1-24-18(21-22-23-24)31-11-8-30-16-13(15(27)25(16)14(11)17(28)29)20-12(26)6-9-2-4-10(7-19)5-3-9/h2-5,13,16H,6-8H2,1H3,(H,20,26)(H,28,29). The Kier molecular flexibility index (Phi) is 6.21. The number of hydrogen-bond donors (Lipinski definition) is 2. The second-order valence-electron chi connectivity index (χ2n) is 6.85. The van der Waals surface area contributed by atoms with E-state index in [1.165, 1.54) is 21.3 Å². The summed E-state index contributed by atoms with van der Waals surface area (Å²) in [5.74, 6) is -1.21. The van der Waals surface area contributed by atoms with E-state index in [2.05, 4.69) is 20.8 Å². The van der Waals surface area contributed by atoms with Gasteiger partial charge in [-0.05, 0) is 33.3 Å². The Morgan fingerprint density at radius 1 is 1.32 bits per heavy atom. The van der Waals surface area contributed by atoms with Gasteiger partial charge in [0.05, 0.1) is 6.42 Å². The van der Waals surface area contributed by atoms with Crippen LogP contribution in [0.2, 0.25) is 0 Å². The number of aromatic nitrogens is 4. The summed E-state index contributed by atoms with van der Waals surface area (Å²) in [6.07, 6.45) is 0.117. The van der Waals surface area contributed by atoms with E-state index >= 15 is 0 Å². The molecule has 0 saturated carbocycles. The second kappa shape index (κ2) is 8.89. The monoisotopic (exact) mass is 480 g/mol. The molecule has 2 amide bonds. The normalized spacial score (nSPS) is 20.3. The third-order valence-corrected chi connectivity index (χ3v) is 7.67. The van der Waals surface area contributed by atoms with Gasteiger partial charge in [-0.1, -0.05) is 24.3 Å². The molecular weight excluding hydrogens is 464 g/mol. The molecule has 1 saturated heterocycles. The third-order valence-electron chi connectivity index (χ3n) is 4.79. The molecule has 2 unspecified atom stereocenters. The minimum atomic E-state index is -1.21. The number of nitrogens with zero attached hydrogens (tertiary/aromatic N) is 5. The molecule has 1 aromatic carbocycles. The van der Waals surface area contributed by atoms with Gasteiger partial charge in [0, 0.05) is 23.6 Å². The number of carboxylic acids is 1. The van der Waals surface area contributed by atoms with Gasteiger partial charge in [-0.15, -0.1) is 28.5 Å². The summed E-state index contributed by atoms with van der Waals surface area (Å²) in [6, 6.07) is 6.56. The summed E-state index contributed by atoms with van der Waals surface area (Å²) in [6.45, 7) is 0. The molecule has 31 heavy (non-hydrogen) atoms. The number of halogens is 1. The number of thioether (sulfide) groups is 2. The Balaban J connectivity index is 1.45. The Morgan fingerprint density at radius 2 is 2.03 bits per heavy atom. The predicted octanol–water partition coefficient (Wildman–Crippen LogP) is 0.980. The first-order chi connectivity index (χ1) is 14.9. The smallest absolute Gasteiger partial charge is 0.353 e. The van der Waals surface area contributed by atoms with Gasteiger partial charge in [-0.25, -0.2) is 9.48 Å². The van der Waals surface area contributed by atoms with E-state index in [4.69, 9.17) is 11.6 Å². The molecule has 0 radical (unpaired) electrons. The number of carbonyl (C=O) groups is 3. The van der Waals surface area contributed by atoms with Crippen LogP contribution >= 0.6 is 35.1 Å². The molecule has 2 N–H and O–H groups in total. The summed E-state index contributed by atoms with van der Waals surface area (Å²) in [5, 5.41) is 23.5. The largest absolute Gasteiger partial charge is 0.477 e. The van der Waals surface area contributed by atoms with Gasteiger partial charge in [0.15, 0.2) is 0 Å². The van der Waals surface area contributed by atoms with Crippen LogP contribution in [0.15, 0.2) is 40.0 Å². The van der Waals surface area contributed by atoms with E-state index in [9.17, 15) is 19.5 Å². The van der Waals surface area contributed by atoms with Gasteiger partial charge in [0.2, 0.25) is 11.1 Å². The van der Waals surface area contributed by atoms with Crippen LogP contribution in [0.5, 0.6) is 0 Å². The molecule has 13 heteroatoms. The van der Waals surface area contributed by atoms with E-state index in [-0.39, 0.29) is 18.0 Å². The van der Waals surface area contributed by atoms with Gasteiger partial charge in [0.25, 0.3) is 5.91 Å². The molecule has 2 atom stereocenters. The average Bonchev–Trinajstić information content (AvgIpc) is 3.16. The molecule has 10 nitrogen and oxygen atoms in total. The molecule has 2 aliphatic rings. The number of β-lactam (4-membered cyclic amide) rings is 1. The van der Waals surface area contributed by atoms with Gasteiger partial charge < -0.3 is 10.4 Å². The summed E-state index contributed by atoms with van der Waals surface area (Å²) in [5.41, 5.74) is 1.66. The first kappa shape index (κ1) is 21.7. The van der Waals surface area contributed by atoms with Crippen molar-refractivity contribution in [3.63, 3.8) is 0 Å². The SMILES string of the molecule is Cn1nnnc1SC1=C(C(=O)O)N2C(=O)C(NC(=O)Cc3ccc(CCl)cc3)C2SC1. The molecule has 0 aliphatic carbocycles. The number of carbonyl (C=O) groups excluding carboxylic acids is 2. The van der Waals surface area contributed by atoms with Crippen LogP contribution < -0.4 is 5.32 Å². The number of aliphatic carboxylic acids is 1. The molecule has 4 rings (SSSR count). The van der Waals surface area contributed by atoms with E-state index in [1.54, 1.807) is 7.05 Å². The fourth-order valence-corrected chi connectivity index (χ4v) is 5.80. The molecule has 0 bridgehead atoms. The summed E-state index contributed by atoms with van der Waals surface area (Å²) < 4.78 is 1.43. The quantitative estimate of drug-likeness (QED) is 0.439. The van der Waals surface area contributed by atoms with Crippen molar-refractivity contribution in [2.45, 2.75) is 28.9 Å². The molecule has 2 aliphatic heterocycles. The Morgan fingerprint density at radius 3 is 2.65 bits per heavy atom. The zero-order chi connectivity index (χ0) is 22.1.